The number of benzene rings is 1. The summed E-state index contributed by atoms with van der Waals surface area (Å²) in [6, 6.07) is 12.0. The molecule has 0 aliphatic carbocycles. The van der Waals surface area contributed by atoms with Crippen LogP contribution in [0.5, 0.6) is 0 Å². The molecule has 2 N–H and O–H groups in total. The zero-order valence-electron chi connectivity index (χ0n) is 13.0. The highest BCUT2D eigenvalue weighted by atomic mass is 35.5. The number of aromatic carboxylic acids is 1. The largest absolute Gasteiger partial charge is 0.711 e. The van der Waals surface area contributed by atoms with Gasteiger partial charge >= 0.3 is 5.97 Å². The number of rotatable bonds is 2. The van der Waals surface area contributed by atoms with Crippen LogP contribution < -0.4 is 4.73 Å². The molecule has 3 aromatic rings. The van der Waals surface area contributed by atoms with E-state index in [9.17, 15) is 10.0 Å². The van der Waals surface area contributed by atoms with Crippen molar-refractivity contribution >= 4 is 28.6 Å². The van der Waals surface area contributed by atoms with E-state index >= 15 is 0 Å². The number of hydrogen-bond acceptors (Lipinski definition) is 2. The number of aromatic nitrogens is 2. The van der Waals surface area contributed by atoms with Gasteiger partial charge in [-0.1, -0.05) is 25.1 Å². The summed E-state index contributed by atoms with van der Waals surface area (Å²) in [5.74, 6) is -0.879. The van der Waals surface area contributed by atoms with E-state index in [1.54, 1.807) is 36.4 Å². The van der Waals surface area contributed by atoms with Gasteiger partial charge in [-0.15, -0.1) is 11.6 Å². The lowest BCUT2D eigenvalue weighted by molar-refractivity contribution is -0.579. The fourth-order valence-electron chi connectivity index (χ4n) is 2.00. The van der Waals surface area contributed by atoms with Crippen LogP contribution in [-0.2, 0) is 6.42 Å². The molecule has 23 heavy (non-hydrogen) atoms. The Hall–Kier alpha value is -2.53. The molecular weight excluding hydrogens is 316 g/mol. The number of carbonyl (C=O) groups is 1. The SMILES string of the molecule is CCc1c[nH]c2c1ccc[n+]2[O-].CCl.O=C(O)c1ccccc1. The van der Waals surface area contributed by atoms with Crippen molar-refractivity contribution in [1.29, 1.82) is 0 Å². The summed E-state index contributed by atoms with van der Waals surface area (Å²) in [5, 5.41) is 20.6. The molecule has 2 heterocycles. The Morgan fingerprint density at radius 3 is 2.39 bits per heavy atom. The Labute approximate surface area is 139 Å². The number of halogens is 1. The Balaban J connectivity index is 0.000000215. The highest BCUT2D eigenvalue weighted by Gasteiger charge is 2.07. The number of aryl methyl sites for hydroxylation is 1. The second kappa shape index (κ2) is 9.48. The van der Waals surface area contributed by atoms with Crippen LogP contribution >= 0.6 is 11.6 Å². The average Bonchev–Trinajstić information content (AvgIpc) is 3.03. The molecular formula is C17H19ClN2O3. The second-order valence-electron chi connectivity index (χ2n) is 4.43. The monoisotopic (exact) mass is 334 g/mol. The number of carboxylic acid groups (broad SMARTS) is 1. The molecule has 0 saturated heterocycles. The zero-order chi connectivity index (χ0) is 17.2. The van der Waals surface area contributed by atoms with E-state index < -0.39 is 5.97 Å². The summed E-state index contributed by atoms with van der Waals surface area (Å²) >= 11 is 4.64. The van der Waals surface area contributed by atoms with Gasteiger partial charge in [-0.05, 0) is 30.7 Å². The number of H-pyrrole nitrogens is 1. The van der Waals surface area contributed by atoms with Crippen LogP contribution in [0.3, 0.4) is 0 Å². The van der Waals surface area contributed by atoms with Gasteiger partial charge in [-0.2, -0.15) is 0 Å². The van der Waals surface area contributed by atoms with Gasteiger partial charge in [0.15, 0.2) is 0 Å². The Morgan fingerprint density at radius 1 is 1.22 bits per heavy atom. The zero-order valence-corrected chi connectivity index (χ0v) is 13.7. The first kappa shape index (κ1) is 18.5. The fraction of sp³-hybridized carbons (Fsp3) is 0.176. The lowest BCUT2D eigenvalue weighted by atomic mass is 10.2. The Kier molecular flexibility index (Phi) is 7.63. The highest BCUT2D eigenvalue weighted by Crippen LogP contribution is 2.14. The third-order valence-corrected chi connectivity index (χ3v) is 3.09. The van der Waals surface area contributed by atoms with Gasteiger partial charge < -0.3 is 10.3 Å². The van der Waals surface area contributed by atoms with E-state index in [2.05, 4.69) is 23.5 Å². The van der Waals surface area contributed by atoms with E-state index in [4.69, 9.17) is 5.11 Å². The molecule has 0 fully saturated rings. The maximum Gasteiger partial charge on any atom is 0.335 e. The molecule has 3 rings (SSSR count). The minimum Gasteiger partial charge on any atom is -0.711 e. The lowest BCUT2D eigenvalue weighted by Crippen LogP contribution is -2.25. The molecule has 6 heteroatoms. The van der Waals surface area contributed by atoms with Crippen LogP contribution in [0, 0.1) is 5.21 Å². The van der Waals surface area contributed by atoms with Crippen LogP contribution in [-0.4, -0.2) is 22.4 Å². The van der Waals surface area contributed by atoms with Crippen molar-refractivity contribution in [2.45, 2.75) is 13.3 Å². The third-order valence-electron chi connectivity index (χ3n) is 3.09. The van der Waals surface area contributed by atoms with Crippen LogP contribution in [0.2, 0.25) is 0 Å². The van der Waals surface area contributed by atoms with E-state index in [-0.39, 0.29) is 0 Å². The molecule has 0 amide bonds. The molecule has 0 saturated carbocycles. The molecule has 0 spiro atoms. The average molecular weight is 335 g/mol. The van der Waals surface area contributed by atoms with Crippen molar-refractivity contribution in [3.05, 3.63) is 71.2 Å². The Morgan fingerprint density at radius 2 is 1.87 bits per heavy atom. The van der Waals surface area contributed by atoms with Gasteiger partial charge in [-0.3, -0.25) is 0 Å². The molecule has 0 atom stereocenters. The topological polar surface area (TPSA) is 80.0 Å². The predicted molar refractivity (Wildman–Crippen MR) is 91.8 cm³/mol. The van der Waals surface area contributed by atoms with Gasteiger partial charge in [0.2, 0.25) is 0 Å². The number of alkyl halides is 1. The standard InChI is InChI=1S/C9H10N2O.C7H6O2.CH3Cl/c1-2-7-6-10-9-8(7)4-3-5-11(9)12;8-7(9)6-4-2-1-3-5-6;1-2/h3-6,10H,2H2,1H3;1-5H,(H,8,9);1H3. The van der Waals surface area contributed by atoms with Crippen molar-refractivity contribution in [1.82, 2.24) is 4.98 Å². The molecule has 1 aromatic carbocycles. The minimum absolute atomic E-state index is 0.331. The summed E-state index contributed by atoms with van der Waals surface area (Å²) in [6.45, 7) is 2.07. The predicted octanol–water partition coefficient (Wildman–Crippen LogP) is 3.60. The normalized spacial score (nSPS) is 9.35. The van der Waals surface area contributed by atoms with Crippen LogP contribution in [0.4, 0.5) is 0 Å². The van der Waals surface area contributed by atoms with Crippen molar-refractivity contribution < 1.29 is 14.6 Å². The third kappa shape index (κ3) is 5.00. The second-order valence-corrected chi connectivity index (χ2v) is 4.43. The number of carboxylic acids is 1. The molecule has 0 aliphatic heterocycles. The maximum absolute atomic E-state index is 11.2. The molecule has 5 nitrogen and oxygen atoms in total. The van der Waals surface area contributed by atoms with Gasteiger partial charge in [0.25, 0.3) is 5.65 Å². The van der Waals surface area contributed by atoms with Crippen LogP contribution in [0.1, 0.15) is 22.8 Å². The molecule has 0 aliphatic rings. The quantitative estimate of drug-likeness (QED) is 0.427. The van der Waals surface area contributed by atoms with Crippen LogP contribution in [0.25, 0.3) is 11.0 Å². The van der Waals surface area contributed by atoms with E-state index in [0.717, 1.165) is 16.5 Å². The molecule has 2 aromatic heterocycles. The summed E-state index contributed by atoms with van der Waals surface area (Å²) in [7, 11) is 0. The fourth-order valence-corrected chi connectivity index (χ4v) is 2.00. The summed E-state index contributed by atoms with van der Waals surface area (Å²) < 4.78 is 0.856. The molecule has 0 radical (unpaired) electrons. The number of aromatic amines is 1. The maximum atomic E-state index is 11.2. The first-order chi connectivity index (χ1) is 11.1. The van der Waals surface area contributed by atoms with Gasteiger partial charge in [0.05, 0.1) is 23.3 Å². The number of fused-ring (bicyclic) bond motifs is 1. The first-order valence-corrected chi connectivity index (χ1v) is 7.73. The van der Waals surface area contributed by atoms with E-state index in [0.29, 0.717) is 11.2 Å². The molecule has 0 unspecified atom stereocenters. The smallest absolute Gasteiger partial charge is 0.335 e. The van der Waals surface area contributed by atoms with Crippen molar-refractivity contribution in [3.8, 4) is 0 Å². The Bertz CT molecular complexity index is 742. The summed E-state index contributed by atoms with van der Waals surface area (Å²) in [4.78, 5) is 13.2. The number of hydrogen-bond donors (Lipinski definition) is 2. The van der Waals surface area contributed by atoms with E-state index in [1.807, 2.05) is 12.3 Å². The first-order valence-electron chi connectivity index (χ1n) is 6.97. The van der Waals surface area contributed by atoms with E-state index in [1.165, 1.54) is 18.1 Å². The van der Waals surface area contributed by atoms with Crippen molar-refractivity contribution in [2.75, 3.05) is 6.38 Å². The van der Waals surface area contributed by atoms with Gasteiger partial charge in [0.1, 0.15) is 0 Å². The molecule has 0 bridgehead atoms. The number of nitrogens with one attached hydrogen (secondary N) is 1. The minimum atomic E-state index is -0.879. The number of nitrogens with zero attached hydrogens (tertiary/aromatic N) is 1. The van der Waals surface area contributed by atoms with Gasteiger partial charge in [0, 0.05) is 11.9 Å². The van der Waals surface area contributed by atoms with Crippen molar-refractivity contribution in [2.24, 2.45) is 0 Å². The molecule has 122 valence electrons. The van der Waals surface area contributed by atoms with Crippen LogP contribution in [0.15, 0.2) is 54.9 Å². The summed E-state index contributed by atoms with van der Waals surface area (Å²) in [5.41, 5.74) is 2.17. The van der Waals surface area contributed by atoms with Gasteiger partial charge in [-0.25, -0.2) is 14.5 Å². The number of pyridine rings is 1. The highest BCUT2D eigenvalue weighted by molar-refractivity contribution is 6.15. The van der Waals surface area contributed by atoms with Crippen molar-refractivity contribution in [3.63, 3.8) is 0 Å². The lowest BCUT2D eigenvalue weighted by Gasteiger charge is -2.00. The summed E-state index contributed by atoms with van der Waals surface area (Å²) in [6.07, 6.45) is 5.81.